The molecule has 0 bridgehead atoms. The van der Waals surface area contributed by atoms with Crippen molar-refractivity contribution in [2.45, 2.75) is 21.6 Å². The number of hydrogen-bond acceptors (Lipinski definition) is 3. The number of carbonyl (C=O) groups excluding carboxylic acids is 1. The molecule has 0 aliphatic heterocycles. The van der Waals surface area contributed by atoms with Crippen LogP contribution in [0.25, 0.3) is 10.8 Å². The van der Waals surface area contributed by atoms with Crippen LogP contribution in [0.3, 0.4) is 0 Å². The average Bonchev–Trinajstić information content (AvgIpc) is 2.80. The van der Waals surface area contributed by atoms with E-state index in [1.807, 2.05) is 24.3 Å². The van der Waals surface area contributed by atoms with Gasteiger partial charge in [0.15, 0.2) is 14.7 Å². The minimum Gasteiger partial charge on any atom is -0.496 e. The highest BCUT2D eigenvalue weighted by Crippen LogP contribution is 2.34. The van der Waals surface area contributed by atoms with Gasteiger partial charge in [-0.05, 0) is 66.2 Å². The molecule has 3 nitrogen and oxygen atoms in total. The fraction of sp³-hybridized carbons (Fsp3) is 0.115. The number of rotatable bonds is 6. The Morgan fingerprint density at radius 2 is 1.40 bits per heavy atom. The minimum absolute atomic E-state index is 0.246. The van der Waals surface area contributed by atoms with Crippen molar-refractivity contribution < 1.29 is 14.3 Å². The largest absolute Gasteiger partial charge is 0.496 e. The molecule has 0 fully saturated rings. The monoisotopic (exact) mass is 415 g/mol. The molecule has 0 aliphatic carbocycles. The van der Waals surface area contributed by atoms with E-state index in [1.54, 1.807) is 14.0 Å². The Balaban J connectivity index is 1.87. The summed E-state index contributed by atoms with van der Waals surface area (Å²) in [6.45, 7) is 2.13. The molecule has 0 aliphatic rings. The SMILES string of the molecule is CCOC(=O)c1cc2cc([S+](c3ccccc3)c3ccccc3)ccc2cc1OC. The van der Waals surface area contributed by atoms with Gasteiger partial charge in [0.05, 0.1) is 24.6 Å². The Bertz CT molecular complexity index is 1120. The second-order valence-corrected chi connectivity index (χ2v) is 8.74. The van der Waals surface area contributed by atoms with Gasteiger partial charge in [-0.25, -0.2) is 4.79 Å². The number of esters is 1. The normalized spacial score (nSPS) is 10.9. The van der Waals surface area contributed by atoms with Gasteiger partial charge >= 0.3 is 5.97 Å². The van der Waals surface area contributed by atoms with Gasteiger partial charge < -0.3 is 9.47 Å². The van der Waals surface area contributed by atoms with Gasteiger partial charge in [-0.1, -0.05) is 36.4 Å². The van der Waals surface area contributed by atoms with Crippen LogP contribution in [0.5, 0.6) is 5.75 Å². The Morgan fingerprint density at radius 3 is 1.97 bits per heavy atom. The molecule has 4 aromatic rings. The second-order valence-electron chi connectivity index (χ2n) is 6.71. The lowest BCUT2D eigenvalue weighted by molar-refractivity contribution is 0.0523. The summed E-state index contributed by atoms with van der Waals surface area (Å²) in [7, 11) is 1.32. The zero-order chi connectivity index (χ0) is 20.9. The zero-order valence-corrected chi connectivity index (χ0v) is 17.8. The molecule has 0 saturated heterocycles. The molecule has 0 heterocycles. The van der Waals surface area contributed by atoms with E-state index in [0.29, 0.717) is 17.9 Å². The van der Waals surface area contributed by atoms with E-state index < -0.39 is 0 Å². The third-order valence-electron chi connectivity index (χ3n) is 4.82. The van der Waals surface area contributed by atoms with Crippen molar-refractivity contribution in [3.8, 4) is 5.75 Å². The first-order chi connectivity index (χ1) is 14.7. The first-order valence-corrected chi connectivity index (χ1v) is 11.1. The summed E-state index contributed by atoms with van der Waals surface area (Å²) in [4.78, 5) is 16.1. The third-order valence-corrected chi connectivity index (χ3v) is 7.03. The standard InChI is InChI=1S/C26H23O3S/c1-3-29-26(27)24-17-20-16-23(15-14-19(20)18-25(24)28-2)30(21-10-6-4-7-11-21)22-12-8-5-9-13-22/h4-18H,3H2,1-2H3/q+1. The number of fused-ring (bicyclic) bond motifs is 1. The first-order valence-electron chi connectivity index (χ1n) is 9.84. The molecule has 0 unspecified atom stereocenters. The number of benzene rings is 4. The molecule has 150 valence electrons. The first kappa shape index (κ1) is 20.0. The van der Waals surface area contributed by atoms with Gasteiger partial charge in [-0.2, -0.15) is 0 Å². The average molecular weight is 416 g/mol. The van der Waals surface area contributed by atoms with Crippen molar-refractivity contribution in [2.24, 2.45) is 0 Å². The van der Waals surface area contributed by atoms with Crippen LogP contribution in [-0.2, 0) is 15.6 Å². The number of ether oxygens (including phenoxy) is 2. The van der Waals surface area contributed by atoms with Gasteiger partial charge in [-0.15, -0.1) is 0 Å². The molecule has 0 spiro atoms. The molecule has 0 amide bonds. The maximum Gasteiger partial charge on any atom is 0.341 e. The lowest BCUT2D eigenvalue weighted by Gasteiger charge is -2.12. The Morgan fingerprint density at radius 1 is 0.767 bits per heavy atom. The van der Waals surface area contributed by atoms with Crippen LogP contribution >= 0.6 is 0 Å². The van der Waals surface area contributed by atoms with Crippen LogP contribution in [0, 0.1) is 0 Å². The quantitative estimate of drug-likeness (QED) is 0.281. The molecule has 4 rings (SSSR count). The molecule has 30 heavy (non-hydrogen) atoms. The van der Waals surface area contributed by atoms with Crippen molar-refractivity contribution >= 4 is 27.6 Å². The van der Waals surface area contributed by atoms with Crippen molar-refractivity contribution in [1.82, 2.24) is 0 Å². The van der Waals surface area contributed by atoms with Gasteiger partial charge in [0.25, 0.3) is 0 Å². The predicted octanol–water partition coefficient (Wildman–Crippen LogP) is 6.12. The molecule has 0 aromatic heterocycles. The predicted molar refractivity (Wildman–Crippen MR) is 122 cm³/mol. The van der Waals surface area contributed by atoms with Crippen molar-refractivity contribution in [3.63, 3.8) is 0 Å². The maximum atomic E-state index is 12.4. The van der Waals surface area contributed by atoms with Crippen LogP contribution in [0.1, 0.15) is 17.3 Å². The summed E-state index contributed by atoms with van der Waals surface area (Å²) in [6.07, 6.45) is 0. The van der Waals surface area contributed by atoms with E-state index in [2.05, 4.69) is 66.7 Å². The molecular formula is C26H23O3S+. The fourth-order valence-corrected chi connectivity index (χ4v) is 5.56. The fourth-order valence-electron chi connectivity index (χ4n) is 3.44. The molecular weight excluding hydrogens is 392 g/mol. The van der Waals surface area contributed by atoms with E-state index in [1.165, 1.54) is 14.7 Å². The van der Waals surface area contributed by atoms with E-state index >= 15 is 0 Å². The van der Waals surface area contributed by atoms with Crippen molar-refractivity contribution in [3.05, 3.63) is 96.6 Å². The summed E-state index contributed by atoms with van der Waals surface area (Å²) in [5.74, 6) is 0.158. The van der Waals surface area contributed by atoms with Crippen LogP contribution in [0.4, 0.5) is 0 Å². The number of methoxy groups -OCH3 is 1. The van der Waals surface area contributed by atoms with E-state index in [0.717, 1.165) is 10.8 Å². The van der Waals surface area contributed by atoms with Gasteiger partial charge in [0.2, 0.25) is 0 Å². The molecule has 0 radical (unpaired) electrons. The highest BCUT2D eigenvalue weighted by atomic mass is 32.2. The van der Waals surface area contributed by atoms with Crippen molar-refractivity contribution in [1.29, 1.82) is 0 Å². The van der Waals surface area contributed by atoms with Crippen LogP contribution in [0.15, 0.2) is 106 Å². The summed E-state index contributed by atoms with van der Waals surface area (Å²) in [5, 5.41) is 2.01. The Hall–Kier alpha value is -3.24. The van der Waals surface area contributed by atoms with Crippen LogP contribution < -0.4 is 4.74 Å². The Labute approximate surface area is 179 Å². The topological polar surface area (TPSA) is 35.5 Å². The smallest absolute Gasteiger partial charge is 0.341 e. The maximum absolute atomic E-state index is 12.4. The van der Waals surface area contributed by atoms with E-state index in [4.69, 9.17) is 9.47 Å². The lowest BCUT2D eigenvalue weighted by atomic mass is 10.1. The highest BCUT2D eigenvalue weighted by molar-refractivity contribution is 7.97. The summed E-state index contributed by atoms with van der Waals surface area (Å²) in [5.41, 5.74) is 0.448. The molecule has 4 aromatic carbocycles. The zero-order valence-electron chi connectivity index (χ0n) is 17.0. The number of carbonyl (C=O) groups is 1. The summed E-state index contributed by atoms with van der Waals surface area (Å²) >= 11 is 0. The summed E-state index contributed by atoms with van der Waals surface area (Å²) < 4.78 is 10.7. The van der Waals surface area contributed by atoms with Gasteiger partial charge in [0.1, 0.15) is 11.3 Å². The highest BCUT2D eigenvalue weighted by Gasteiger charge is 2.28. The second kappa shape index (κ2) is 9.06. The molecule has 0 saturated carbocycles. The third kappa shape index (κ3) is 4.05. The minimum atomic E-state index is -0.369. The van der Waals surface area contributed by atoms with Gasteiger partial charge in [-0.3, -0.25) is 0 Å². The van der Waals surface area contributed by atoms with Crippen molar-refractivity contribution in [2.75, 3.05) is 13.7 Å². The van der Waals surface area contributed by atoms with Gasteiger partial charge in [0, 0.05) is 6.07 Å². The van der Waals surface area contributed by atoms with Crippen LogP contribution in [0.2, 0.25) is 0 Å². The molecule has 0 atom stereocenters. The Kier molecular flexibility index (Phi) is 6.05. The molecule has 4 heteroatoms. The molecule has 0 N–H and O–H groups in total. The van der Waals surface area contributed by atoms with Crippen LogP contribution in [-0.4, -0.2) is 19.7 Å². The summed E-state index contributed by atoms with van der Waals surface area (Å²) in [6, 6.07) is 31.2. The van der Waals surface area contributed by atoms with E-state index in [9.17, 15) is 4.79 Å². The van der Waals surface area contributed by atoms with E-state index in [-0.39, 0.29) is 16.9 Å². The lowest BCUT2D eigenvalue weighted by Crippen LogP contribution is -2.07. The number of hydrogen-bond donors (Lipinski definition) is 0.